The number of phenols is 1. The Labute approximate surface area is 151 Å². The lowest BCUT2D eigenvalue weighted by atomic mass is 9.93. The molecule has 1 saturated carbocycles. The number of carbonyl (C=O) groups excluding carboxylic acids is 1. The minimum Gasteiger partial charge on any atom is -0.507 e. The highest BCUT2D eigenvalue weighted by molar-refractivity contribution is 5.79. The van der Waals surface area contributed by atoms with Gasteiger partial charge in [-0.3, -0.25) is 9.69 Å². The van der Waals surface area contributed by atoms with Crippen molar-refractivity contribution in [3.63, 3.8) is 0 Å². The van der Waals surface area contributed by atoms with E-state index in [9.17, 15) is 9.90 Å². The largest absolute Gasteiger partial charge is 0.507 e. The second-order valence-electron chi connectivity index (χ2n) is 8.22. The number of aryl methyl sites for hydroxylation is 1. The first-order valence-corrected chi connectivity index (χ1v) is 9.77. The molecular weight excluding hydrogens is 312 g/mol. The summed E-state index contributed by atoms with van der Waals surface area (Å²) in [5.41, 5.74) is 3.16. The molecule has 2 N–H and O–H groups in total. The fraction of sp³-hybridized carbons (Fsp3) is 0.667. The van der Waals surface area contributed by atoms with Crippen LogP contribution in [0.1, 0.15) is 62.1 Å². The third-order valence-corrected chi connectivity index (χ3v) is 5.69. The van der Waals surface area contributed by atoms with E-state index in [0.29, 0.717) is 11.7 Å². The molecule has 4 nitrogen and oxygen atoms in total. The lowest BCUT2D eigenvalue weighted by Crippen LogP contribution is -2.43. The van der Waals surface area contributed by atoms with Crippen LogP contribution in [0.15, 0.2) is 12.1 Å². The van der Waals surface area contributed by atoms with Crippen LogP contribution in [0.25, 0.3) is 0 Å². The molecule has 138 valence electrons. The highest BCUT2D eigenvalue weighted by atomic mass is 16.3. The third kappa shape index (κ3) is 4.55. The summed E-state index contributed by atoms with van der Waals surface area (Å²) in [5, 5.41) is 13.8. The topological polar surface area (TPSA) is 52.6 Å². The number of amides is 1. The van der Waals surface area contributed by atoms with Crippen molar-refractivity contribution in [2.24, 2.45) is 11.8 Å². The molecule has 25 heavy (non-hydrogen) atoms. The molecule has 0 unspecified atom stereocenters. The predicted molar refractivity (Wildman–Crippen MR) is 101 cm³/mol. The number of carbonyl (C=O) groups is 1. The van der Waals surface area contributed by atoms with Gasteiger partial charge in [-0.25, -0.2) is 0 Å². The van der Waals surface area contributed by atoms with Gasteiger partial charge in [-0.1, -0.05) is 26.0 Å². The number of benzene rings is 1. The van der Waals surface area contributed by atoms with Crippen molar-refractivity contribution in [3.8, 4) is 5.75 Å². The van der Waals surface area contributed by atoms with Gasteiger partial charge in [-0.2, -0.15) is 0 Å². The normalized spacial score (nSPS) is 21.5. The van der Waals surface area contributed by atoms with Gasteiger partial charge in [-0.05, 0) is 62.1 Å². The summed E-state index contributed by atoms with van der Waals surface area (Å²) in [4.78, 5) is 14.7. The second-order valence-corrected chi connectivity index (χ2v) is 8.22. The molecule has 0 aromatic heterocycles. The van der Waals surface area contributed by atoms with E-state index in [1.165, 1.54) is 12.8 Å². The van der Waals surface area contributed by atoms with Gasteiger partial charge in [-0.15, -0.1) is 0 Å². The molecule has 1 aromatic carbocycles. The number of nitrogens with one attached hydrogen (secondary N) is 1. The molecule has 1 heterocycles. The van der Waals surface area contributed by atoms with Crippen molar-refractivity contribution in [1.82, 2.24) is 10.2 Å². The summed E-state index contributed by atoms with van der Waals surface area (Å²) in [6, 6.07) is 4.14. The Kier molecular flexibility index (Phi) is 5.67. The number of phenolic OH excluding ortho intramolecular Hbond substituents is 1. The lowest BCUT2D eigenvalue weighted by molar-refractivity contribution is -0.126. The molecule has 1 amide bonds. The summed E-state index contributed by atoms with van der Waals surface area (Å²) in [5.74, 6) is 1.77. The highest BCUT2D eigenvalue weighted by Gasteiger charge is 2.28. The van der Waals surface area contributed by atoms with E-state index < -0.39 is 0 Å². The highest BCUT2D eigenvalue weighted by Crippen LogP contribution is 2.33. The Balaban J connectivity index is 1.64. The average molecular weight is 344 g/mol. The molecular formula is C21H32N2O2. The number of piperidine rings is 1. The number of nitrogens with zero attached hydrogens (tertiary/aromatic N) is 1. The number of rotatable bonds is 6. The van der Waals surface area contributed by atoms with Crippen LogP contribution in [0.4, 0.5) is 0 Å². The maximum Gasteiger partial charge on any atom is 0.224 e. The van der Waals surface area contributed by atoms with Gasteiger partial charge >= 0.3 is 0 Å². The minimum absolute atomic E-state index is 0.0863. The summed E-state index contributed by atoms with van der Waals surface area (Å²) in [7, 11) is 0. The molecule has 0 radical (unpaired) electrons. The molecule has 0 bridgehead atoms. The van der Waals surface area contributed by atoms with Crippen LogP contribution < -0.4 is 5.32 Å². The van der Waals surface area contributed by atoms with Crippen LogP contribution in [0.5, 0.6) is 5.75 Å². The molecule has 1 aromatic rings. The van der Waals surface area contributed by atoms with Gasteiger partial charge in [0.25, 0.3) is 0 Å². The van der Waals surface area contributed by atoms with Crippen LogP contribution in [-0.2, 0) is 11.3 Å². The first-order chi connectivity index (χ1) is 12.0. The summed E-state index contributed by atoms with van der Waals surface area (Å²) < 4.78 is 0. The Morgan fingerprint density at radius 2 is 2.08 bits per heavy atom. The van der Waals surface area contributed by atoms with Crippen molar-refractivity contribution >= 4 is 5.91 Å². The van der Waals surface area contributed by atoms with E-state index in [-0.39, 0.29) is 11.8 Å². The number of hydrogen-bond donors (Lipinski definition) is 2. The van der Waals surface area contributed by atoms with Crippen LogP contribution in [0, 0.1) is 18.8 Å². The molecule has 1 saturated heterocycles. The SMILES string of the molecule is Cc1ccc(C(C)C)c(O)c1CN1CCC[C@@H](C(=O)NCC2CC2)C1. The van der Waals surface area contributed by atoms with E-state index >= 15 is 0 Å². The first kappa shape index (κ1) is 18.2. The fourth-order valence-electron chi connectivity index (χ4n) is 3.77. The zero-order valence-corrected chi connectivity index (χ0v) is 15.8. The average Bonchev–Trinajstić information content (AvgIpc) is 3.40. The van der Waals surface area contributed by atoms with E-state index in [0.717, 1.165) is 61.6 Å². The Morgan fingerprint density at radius 1 is 1.32 bits per heavy atom. The Morgan fingerprint density at radius 3 is 2.76 bits per heavy atom. The van der Waals surface area contributed by atoms with Gasteiger partial charge in [0.2, 0.25) is 5.91 Å². The standard InChI is InChI=1S/C21H32N2O2/c1-14(2)18-9-6-15(3)19(20(18)24)13-23-10-4-5-17(12-23)21(25)22-11-16-7-8-16/h6,9,14,16-17,24H,4-5,7-8,10-13H2,1-3H3,(H,22,25)/t17-/m1/s1. The first-order valence-electron chi connectivity index (χ1n) is 9.77. The van der Waals surface area contributed by atoms with E-state index in [4.69, 9.17) is 0 Å². The van der Waals surface area contributed by atoms with Gasteiger partial charge in [0.1, 0.15) is 5.75 Å². The maximum absolute atomic E-state index is 12.4. The zero-order valence-electron chi connectivity index (χ0n) is 15.8. The fourth-order valence-corrected chi connectivity index (χ4v) is 3.77. The Bertz CT molecular complexity index is 623. The number of aromatic hydroxyl groups is 1. The minimum atomic E-state index is 0.0863. The summed E-state index contributed by atoms with van der Waals surface area (Å²) >= 11 is 0. The van der Waals surface area contributed by atoms with E-state index in [1.807, 2.05) is 6.07 Å². The predicted octanol–water partition coefficient (Wildman–Crippen LogP) is 3.56. The monoisotopic (exact) mass is 344 g/mol. The molecule has 4 heteroatoms. The van der Waals surface area contributed by atoms with Gasteiger partial charge in [0.05, 0.1) is 5.92 Å². The van der Waals surface area contributed by atoms with Crippen molar-refractivity contribution < 1.29 is 9.90 Å². The zero-order chi connectivity index (χ0) is 18.0. The summed E-state index contributed by atoms with van der Waals surface area (Å²) in [6.45, 7) is 9.64. The maximum atomic E-state index is 12.4. The smallest absolute Gasteiger partial charge is 0.224 e. The quantitative estimate of drug-likeness (QED) is 0.829. The number of likely N-dealkylation sites (tertiary alicyclic amines) is 1. The van der Waals surface area contributed by atoms with E-state index in [1.54, 1.807) is 0 Å². The third-order valence-electron chi connectivity index (χ3n) is 5.69. The van der Waals surface area contributed by atoms with Crippen LogP contribution in [0.3, 0.4) is 0 Å². The van der Waals surface area contributed by atoms with Crippen LogP contribution in [-0.4, -0.2) is 35.5 Å². The molecule has 3 rings (SSSR count). The van der Waals surface area contributed by atoms with Crippen molar-refractivity contribution in [1.29, 1.82) is 0 Å². The molecule has 2 fully saturated rings. The lowest BCUT2D eigenvalue weighted by Gasteiger charge is -2.32. The van der Waals surface area contributed by atoms with Crippen LogP contribution >= 0.6 is 0 Å². The van der Waals surface area contributed by atoms with Crippen molar-refractivity contribution in [2.45, 2.75) is 58.9 Å². The number of hydrogen-bond acceptors (Lipinski definition) is 3. The van der Waals surface area contributed by atoms with Gasteiger partial charge in [0, 0.05) is 25.2 Å². The van der Waals surface area contributed by atoms with Gasteiger partial charge < -0.3 is 10.4 Å². The molecule has 2 aliphatic rings. The molecule has 0 spiro atoms. The van der Waals surface area contributed by atoms with Crippen molar-refractivity contribution in [3.05, 3.63) is 28.8 Å². The second kappa shape index (κ2) is 7.77. The van der Waals surface area contributed by atoms with Crippen molar-refractivity contribution in [2.75, 3.05) is 19.6 Å². The molecule has 1 aliphatic heterocycles. The molecule has 1 aliphatic carbocycles. The molecule has 1 atom stereocenters. The van der Waals surface area contributed by atoms with E-state index in [2.05, 4.69) is 37.1 Å². The van der Waals surface area contributed by atoms with Crippen LogP contribution in [0.2, 0.25) is 0 Å². The summed E-state index contributed by atoms with van der Waals surface area (Å²) in [6.07, 6.45) is 4.55. The Hall–Kier alpha value is -1.55. The van der Waals surface area contributed by atoms with Gasteiger partial charge in [0.15, 0.2) is 0 Å².